The second kappa shape index (κ2) is 25.5. The number of rotatable bonds is 24. The molecule has 0 radical (unpaired) electrons. The number of fused-ring (bicyclic) bond motifs is 10. The SMILES string of the molecule is CCCCCCc1csc(-c2cc3c(cc(-c4cc(CCCCCC)cs4)c4nsnc43)c3nsnc23)c1.CCCCCCc1csc(-c2cc3c(cc(-c4cc(CCCCCC)cs4)c4nsnc43)c3nsnc23)c1. The van der Waals surface area contributed by atoms with Gasteiger partial charge < -0.3 is 0 Å². The molecule has 392 valence electrons. The van der Waals surface area contributed by atoms with Crippen molar-refractivity contribution in [3.63, 3.8) is 0 Å². The molecular formula is C60H64N8S8. The zero-order chi connectivity index (χ0) is 51.8. The minimum atomic E-state index is 0.980. The van der Waals surface area contributed by atoms with Crippen LogP contribution in [0.3, 0.4) is 0 Å². The number of hydrogen-bond donors (Lipinski definition) is 0. The van der Waals surface area contributed by atoms with Gasteiger partial charge in [-0.1, -0.05) is 105 Å². The van der Waals surface area contributed by atoms with Crippen molar-refractivity contribution in [2.24, 2.45) is 0 Å². The zero-order valence-electron chi connectivity index (χ0n) is 43.9. The van der Waals surface area contributed by atoms with Crippen molar-refractivity contribution in [3.8, 4) is 41.8 Å². The van der Waals surface area contributed by atoms with Gasteiger partial charge in [-0.05, 0) is 144 Å². The third-order valence-corrected chi connectivity index (χ3v) is 20.8. The van der Waals surface area contributed by atoms with Gasteiger partial charge in [-0.3, -0.25) is 0 Å². The van der Waals surface area contributed by atoms with Gasteiger partial charge in [0.15, 0.2) is 0 Å². The predicted molar refractivity (Wildman–Crippen MR) is 336 cm³/mol. The summed E-state index contributed by atoms with van der Waals surface area (Å²) in [6.45, 7) is 9.06. The molecule has 0 atom stereocenters. The molecule has 0 aliphatic rings. The maximum Gasteiger partial charge on any atom is 0.114 e. The van der Waals surface area contributed by atoms with Gasteiger partial charge in [-0.15, -0.1) is 45.3 Å². The number of nitrogens with zero attached hydrogens (tertiary/aromatic N) is 8. The fourth-order valence-corrected chi connectivity index (χ4v) is 16.6. The Morgan fingerprint density at radius 2 is 0.487 bits per heavy atom. The van der Waals surface area contributed by atoms with E-state index >= 15 is 0 Å². The fraction of sp³-hybridized carbons (Fsp3) is 0.400. The van der Waals surface area contributed by atoms with E-state index in [1.807, 2.05) is 45.3 Å². The molecule has 0 amide bonds. The second-order valence-corrected chi connectivity index (χ2v) is 26.0. The Kier molecular flexibility index (Phi) is 18.0. The van der Waals surface area contributed by atoms with E-state index in [1.54, 1.807) is 0 Å². The highest BCUT2D eigenvalue weighted by Crippen LogP contribution is 2.45. The van der Waals surface area contributed by atoms with E-state index in [2.05, 4.69) is 97.7 Å². The van der Waals surface area contributed by atoms with Crippen molar-refractivity contribution in [1.29, 1.82) is 0 Å². The van der Waals surface area contributed by atoms with Crippen LogP contribution in [0.1, 0.15) is 153 Å². The summed E-state index contributed by atoms with van der Waals surface area (Å²) in [5, 5.41) is 13.8. The van der Waals surface area contributed by atoms with Crippen LogP contribution in [-0.2, 0) is 25.7 Å². The molecule has 0 aliphatic carbocycles. The second-order valence-electron chi connectivity index (χ2n) is 20.3. The molecule has 8 nitrogen and oxygen atoms in total. The molecule has 0 saturated heterocycles. The monoisotopic (exact) mass is 1150 g/mol. The first-order valence-electron chi connectivity index (χ1n) is 27.5. The topological polar surface area (TPSA) is 103 Å². The van der Waals surface area contributed by atoms with E-state index in [1.165, 1.54) is 214 Å². The third kappa shape index (κ3) is 11.6. The quantitative estimate of drug-likeness (QED) is 0.0551. The van der Waals surface area contributed by atoms with Crippen LogP contribution in [0.15, 0.2) is 70.1 Å². The van der Waals surface area contributed by atoms with Crippen molar-refractivity contribution in [3.05, 3.63) is 92.3 Å². The molecule has 12 rings (SSSR count). The lowest BCUT2D eigenvalue weighted by molar-refractivity contribution is 0.667. The molecule has 4 aromatic carbocycles. The van der Waals surface area contributed by atoms with E-state index in [0.717, 1.165) is 91.4 Å². The van der Waals surface area contributed by atoms with Gasteiger partial charge in [0.05, 0.1) is 46.9 Å². The Labute approximate surface area is 479 Å². The highest BCUT2D eigenvalue weighted by molar-refractivity contribution is 7.15. The highest BCUT2D eigenvalue weighted by Gasteiger charge is 2.23. The number of aromatic nitrogens is 8. The smallest absolute Gasteiger partial charge is 0.114 e. The Morgan fingerprint density at radius 1 is 0.263 bits per heavy atom. The van der Waals surface area contributed by atoms with Crippen LogP contribution < -0.4 is 0 Å². The van der Waals surface area contributed by atoms with Crippen molar-refractivity contribution >= 4 is 158 Å². The van der Waals surface area contributed by atoms with E-state index < -0.39 is 0 Å². The summed E-state index contributed by atoms with van der Waals surface area (Å²) in [7, 11) is 0. The lowest BCUT2D eigenvalue weighted by Gasteiger charge is -2.08. The van der Waals surface area contributed by atoms with Crippen LogP contribution in [0.25, 0.3) is 107 Å². The van der Waals surface area contributed by atoms with Gasteiger partial charge >= 0.3 is 0 Å². The number of unbranched alkanes of at least 4 members (excludes halogenated alkanes) is 12. The lowest BCUT2D eigenvalue weighted by atomic mass is 9.98. The molecule has 0 fully saturated rings. The molecule has 0 N–H and O–H groups in total. The van der Waals surface area contributed by atoms with Crippen LogP contribution in [-0.4, -0.2) is 35.0 Å². The highest BCUT2D eigenvalue weighted by atomic mass is 32.1. The minimum absolute atomic E-state index is 0.980. The van der Waals surface area contributed by atoms with Crippen LogP contribution in [0.2, 0.25) is 0 Å². The molecule has 0 aliphatic heterocycles. The van der Waals surface area contributed by atoms with E-state index in [9.17, 15) is 0 Å². The number of hydrogen-bond acceptors (Lipinski definition) is 16. The Balaban J connectivity index is 0.000000162. The largest absolute Gasteiger partial charge is 0.172 e. The van der Waals surface area contributed by atoms with Gasteiger partial charge in [0, 0.05) is 63.3 Å². The summed E-state index contributed by atoms with van der Waals surface area (Å²) >= 11 is 12.5. The summed E-state index contributed by atoms with van der Waals surface area (Å²) < 4.78 is 38.3. The molecule has 8 aromatic heterocycles. The maximum atomic E-state index is 4.79. The standard InChI is InChI=1S/2C30H32N4S4/c2*1-3-5-7-9-11-19-13-25(35-17-19)23-15-21-22(27-29(23)33-37-31-27)16-24(30-28(21)32-38-34-30)26-14-20(18-36-26)12-10-8-6-4-2/h2*13-18H,3-12H2,1-2H3. The first kappa shape index (κ1) is 53.5. The molecule has 16 heteroatoms. The van der Waals surface area contributed by atoms with Crippen molar-refractivity contribution in [2.75, 3.05) is 0 Å². The van der Waals surface area contributed by atoms with Gasteiger partial charge in [-0.2, -0.15) is 35.0 Å². The van der Waals surface area contributed by atoms with Crippen LogP contribution in [0.4, 0.5) is 0 Å². The van der Waals surface area contributed by atoms with Gasteiger partial charge in [0.2, 0.25) is 0 Å². The maximum absolute atomic E-state index is 4.79. The number of benzene rings is 4. The summed E-state index contributed by atoms with van der Waals surface area (Å²) in [6.07, 6.45) is 25.2. The van der Waals surface area contributed by atoms with Gasteiger partial charge in [0.1, 0.15) is 44.1 Å². The molecule has 76 heavy (non-hydrogen) atoms. The molecule has 0 bridgehead atoms. The van der Waals surface area contributed by atoms with Crippen molar-refractivity contribution < 1.29 is 0 Å². The summed E-state index contributed by atoms with van der Waals surface area (Å²) in [6, 6.07) is 18.6. The first-order valence-corrected chi connectivity index (χ1v) is 34.0. The van der Waals surface area contributed by atoms with Crippen molar-refractivity contribution in [1.82, 2.24) is 35.0 Å². The summed E-state index contributed by atoms with van der Waals surface area (Å²) in [5.41, 5.74) is 18.3. The first-order chi connectivity index (χ1) is 37.5. The molecule has 8 heterocycles. The zero-order valence-corrected chi connectivity index (χ0v) is 50.4. The molecule has 0 saturated carbocycles. The molecule has 12 aromatic rings. The average molecular weight is 1150 g/mol. The van der Waals surface area contributed by atoms with Crippen molar-refractivity contribution in [2.45, 2.75) is 156 Å². The third-order valence-electron chi connectivity index (χ3n) is 14.7. The van der Waals surface area contributed by atoms with Crippen LogP contribution in [0, 0.1) is 0 Å². The Bertz CT molecular complexity index is 3340. The fourth-order valence-electron chi connectivity index (χ4n) is 10.5. The summed E-state index contributed by atoms with van der Waals surface area (Å²) in [5.74, 6) is 0. The Morgan fingerprint density at radius 3 is 0.711 bits per heavy atom. The minimum Gasteiger partial charge on any atom is -0.172 e. The molecular weight excluding hydrogens is 1090 g/mol. The lowest BCUT2D eigenvalue weighted by Crippen LogP contribution is -1.87. The number of aryl methyl sites for hydroxylation is 4. The van der Waals surface area contributed by atoms with Crippen LogP contribution >= 0.6 is 92.3 Å². The van der Waals surface area contributed by atoms with E-state index in [0.29, 0.717) is 0 Å². The molecule has 0 spiro atoms. The number of thiophene rings is 4. The summed E-state index contributed by atoms with van der Waals surface area (Å²) in [4.78, 5) is 5.06. The normalized spacial score (nSPS) is 11.9. The van der Waals surface area contributed by atoms with E-state index in [-0.39, 0.29) is 0 Å². The average Bonchev–Trinajstić information content (AvgIpc) is 4.29. The molecule has 0 unspecified atom stereocenters. The van der Waals surface area contributed by atoms with Gasteiger partial charge in [-0.25, -0.2) is 0 Å². The predicted octanol–water partition coefficient (Wildman–Crippen LogP) is 21.1. The van der Waals surface area contributed by atoms with E-state index in [4.69, 9.17) is 35.0 Å². The van der Waals surface area contributed by atoms with Gasteiger partial charge in [0.25, 0.3) is 0 Å². The van der Waals surface area contributed by atoms with Crippen LogP contribution in [0.5, 0.6) is 0 Å². The Hall–Kier alpha value is -4.52.